The normalized spacial score (nSPS) is 21.6. The van der Waals surface area contributed by atoms with Crippen molar-refractivity contribution in [1.29, 1.82) is 0 Å². The minimum absolute atomic E-state index is 0.112. The summed E-state index contributed by atoms with van der Waals surface area (Å²) in [5.41, 5.74) is 1.34. The van der Waals surface area contributed by atoms with Crippen LogP contribution in [0.3, 0.4) is 0 Å². The smallest absolute Gasteiger partial charge is 0.0667 e. The van der Waals surface area contributed by atoms with Crippen LogP contribution in [0.2, 0.25) is 5.02 Å². The number of halogens is 1. The largest absolute Gasteiger partial charge is 0.392 e. The van der Waals surface area contributed by atoms with Crippen molar-refractivity contribution >= 4 is 11.6 Å². The van der Waals surface area contributed by atoms with Crippen molar-refractivity contribution in [2.24, 2.45) is 0 Å². The fourth-order valence-corrected chi connectivity index (χ4v) is 2.52. The molecule has 1 saturated heterocycles. The highest BCUT2D eigenvalue weighted by Crippen LogP contribution is 2.13. The minimum atomic E-state index is -0.112. The molecule has 0 radical (unpaired) electrons. The van der Waals surface area contributed by atoms with E-state index in [2.05, 4.69) is 17.0 Å². The monoisotopic (exact) mass is 253 g/mol. The number of piperidine rings is 1. The van der Waals surface area contributed by atoms with Crippen molar-refractivity contribution in [3.8, 4) is 0 Å². The average Bonchev–Trinajstić information content (AvgIpc) is 2.32. The molecule has 0 spiro atoms. The lowest BCUT2D eigenvalue weighted by Crippen LogP contribution is -2.38. The third-order valence-electron chi connectivity index (χ3n) is 3.33. The summed E-state index contributed by atoms with van der Waals surface area (Å²) < 4.78 is 0. The molecule has 17 heavy (non-hydrogen) atoms. The van der Waals surface area contributed by atoms with Crippen LogP contribution in [0.1, 0.15) is 24.8 Å². The number of rotatable bonds is 4. The summed E-state index contributed by atoms with van der Waals surface area (Å²) in [7, 11) is 0. The van der Waals surface area contributed by atoms with E-state index in [0.29, 0.717) is 0 Å². The Morgan fingerprint density at radius 3 is 2.76 bits per heavy atom. The molecule has 1 aromatic carbocycles. The molecule has 2 nitrogen and oxygen atoms in total. The second-order valence-corrected chi connectivity index (χ2v) is 5.26. The zero-order valence-corrected chi connectivity index (χ0v) is 10.9. The van der Waals surface area contributed by atoms with Gasteiger partial charge in [-0.3, -0.25) is 0 Å². The molecule has 1 heterocycles. The topological polar surface area (TPSA) is 23.5 Å². The van der Waals surface area contributed by atoms with Gasteiger partial charge in [0, 0.05) is 11.6 Å². The zero-order valence-electron chi connectivity index (χ0n) is 10.1. The number of aryl methyl sites for hydroxylation is 1. The quantitative estimate of drug-likeness (QED) is 0.892. The van der Waals surface area contributed by atoms with Gasteiger partial charge >= 0.3 is 0 Å². The molecule has 0 aliphatic carbocycles. The van der Waals surface area contributed by atoms with Crippen LogP contribution in [0.15, 0.2) is 24.3 Å². The van der Waals surface area contributed by atoms with Crippen LogP contribution in [-0.4, -0.2) is 35.7 Å². The number of hydrogen-bond acceptors (Lipinski definition) is 2. The zero-order chi connectivity index (χ0) is 12.1. The van der Waals surface area contributed by atoms with Gasteiger partial charge in [-0.15, -0.1) is 0 Å². The van der Waals surface area contributed by atoms with E-state index >= 15 is 0 Å². The molecule has 1 unspecified atom stereocenters. The first kappa shape index (κ1) is 12.9. The van der Waals surface area contributed by atoms with Gasteiger partial charge in [0.05, 0.1) is 6.10 Å². The van der Waals surface area contributed by atoms with E-state index in [1.165, 1.54) is 5.56 Å². The van der Waals surface area contributed by atoms with E-state index < -0.39 is 0 Å². The maximum atomic E-state index is 9.57. The Morgan fingerprint density at radius 2 is 2.06 bits per heavy atom. The van der Waals surface area contributed by atoms with E-state index in [1.54, 1.807) is 0 Å². The second-order valence-electron chi connectivity index (χ2n) is 4.83. The maximum absolute atomic E-state index is 9.57. The molecule has 94 valence electrons. The highest BCUT2D eigenvalue weighted by molar-refractivity contribution is 6.30. The second kappa shape index (κ2) is 6.39. The molecule has 1 aromatic rings. The van der Waals surface area contributed by atoms with Crippen molar-refractivity contribution in [3.63, 3.8) is 0 Å². The van der Waals surface area contributed by atoms with Gasteiger partial charge in [0.1, 0.15) is 0 Å². The average molecular weight is 254 g/mol. The van der Waals surface area contributed by atoms with Crippen LogP contribution < -0.4 is 0 Å². The Morgan fingerprint density at radius 1 is 1.29 bits per heavy atom. The number of β-amino-alcohol motifs (C(OH)–C–C–N with tert-alkyl or cyclic N) is 1. The molecular formula is C14H20ClNO. The van der Waals surface area contributed by atoms with Gasteiger partial charge in [-0.2, -0.15) is 0 Å². The predicted octanol–water partition coefficient (Wildman–Crippen LogP) is 2.73. The van der Waals surface area contributed by atoms with Gasteiger partial charge in [0.15, 0.2) is 0 Å². The van der Waals surface area contributed by atoms with Gasteiger partial charge in [-0.25, -0.2) is 0 Å². The minimum Gasteiger partial charge on any atom is -0.392 e. The maximum Gasteiger partial charge on any atom is 0.0667 e. The van der Waals surface area contributed by atoms with Gasteiger partial charge in [-0.1, -0.05) is 23.7 Å². The number of aliphatic hydroxyl groups excluding tert-OH is 1. The Balaban J connectivity index is 1.70. The van der Waals surface area contributed by atoms with Gasteiger partial charge in [-0.05, 0) is 56.5 Å². The van der Waals surface area contributed by atoms with Crippen LogP contribution in [0.4, 0.5) is 0 Å². The Hall–Kier alpha value is -0.570. The molecular weight excluding hydrogens is 234 g/mol. The first-order chi connectivity index (χ1) is 8.24. The summed E-state index contributed by atoms with van der Waals surface area (Å²) in [6.07, 6.45) is 4.22. The van der Waals surface area contributed by atoms with Gasteiger partial charge < -0.3 is 10.0 Å². The van der Waals surface area contributed by atoms with E-state index in [4.69, 9.17) is 11.6 Å². The Bertz CT molecular complexity index is 339. The predicted molar refractivity (Wildman–Crippen MR) is 71.5 cm³/mol. The molecule has 1 fully saturated rings. The summed E-state index contributed by atoms with van der Waals surface area (Å²) >= 11 is 5.85. The van der Waals surface area contributed by atoms with E-state index in [9.17, 15) is 5.11 Å². The standard InChI is InChI=1S/C14H20ClNO/c15-13-7-5-12(6-8-13)3-1-9-16-10-2-4-14(17)11-16/h5-8,14,17H,1-4,9-11H2. The van der Waals surface area contributed by atoms with Crippen LogP contribution in [0.25, 0.3) is 0 Å². The highest BCUT2D eigenvalue weighted by atomic mass is 35.5. The SMILES string of the molecule is OC1CCCN(CCCc2ccc(Cl)cc2)C1. The molecule has 1 atom stereocenters. The van der Waals surface area contributed by atoms with Gasteiger partial charge in [0.25, 0.3) is 0 Å². The summed E-state index contributed by atoms with van der Waals surface area (Å²) in [4.78, 5) is 2.37. The lowest BCUT2D eigenvalue weighted by atomic mass is 10.1. The molecule has 1 aliphatic heterocycles. The lowest BCUT2D eigenvalue weighted by molar-refractivity contribution is 0.0702. The molecule has 1 N–H and O–H groups in total. The first-order valence-corrected chi connectivity index (χ1v) is 6.77. The van der Waals surface area contributed by atoms with Crippen LogP contribution in [0.5, 0.6) is 0 Å². The van der Waals surface area contributed by atoms with E-state index in [0.717, 1.165) is 50.3 Å². The Kier molecular flexibility index (Phi) is 4.84. The molecule has 2 rings (SSSR count). The number of nitrogens with zero attached hydrogens (tertiary/aromatic N) is 1. The van der Waals surface area contributed by atoms with Crippen LogP contribution in [-0.2, 0) is 6.42 Å². The van der Waals surface area contributed by atoms with E-state index in [-0.39, 0.29) is 6.10 Å². The fourth-order valence-electron chi connectivity index (χ4n) is 2.39. The first-order valence-electron chi connectivity index (χ1n) is 6.39. The summed E-state index contributed by atoms with van der Waals surface area (Å²) in [6, 6.07) is 8.07. The summed E-state index contributed by atoms with van der Waals surface area (Å²) in [5.74, 6) is 0. The van der Waals surface area contributed by atoms with Crippen LogP contribution >= 0.6 is 11.6 Å². The number of aliphatic hydroxyl groups is 1. The molecule has 0 saturated carbocycles. The fraction of sp³-hybridized carbons (Fsp3) is 0.571. The Labute approximate surface area is 108 Å². The van der Waals surface area contributed by atoms with Crippen molar-refractivity contribution in [2.45, 2.75) is 31.8 Å². The number of benzene rings is 1. The molecule has 0 aromatic heterocycles. The summed E-state index contributed by atoms with van der Waals surface area (Å²) in [6.45, 7) is 3.07. The third kappa shape index (κ3) is 4.30. The van der Waals surface area contributed by atoms with Gasteiger partial charge in [0.2, 0.25) is 0 Å². The van der Waals surface area contributed by atoms with Crippen molar-refractivity contribution in [3.05, 3.63) is 34.9 Å². The van der Waals surface area contributed by atoms with E-state index in [1.807, 2.05) is 12.1 Å². The summed E-state index contributed by atoms with van der Waals surface area (Å²) in [5, 5.41) is 10.4. The molecule has 3 heteroatoms. The number of likely N-dealkylation sites (tertiary alicyclic amines) is 1. The molecule has 0 bridgehead atoms. The molecule has 1 aliphatic rings. The highest BCUT2D eigenvalue weighted by Gasteiger charge is 2.16. The number of hydrogen-bond donors (Lipinski definition) is 1. The van der Waals surface area contributed by atoms with Crippen LogP contribution in [0, 0.1) is 0 Å². The van der Waals surface area contributed by atoms with Crippen molar-refractivity contribution in [2.75, 3.05) is 19.6 Å². The van der Waals surface area contributed by atoms with Crippen molar-refractivity contribution < 1.29 is 5.11 Å². The van der Waals surface area contributed by atoms with Crippen molar-refractivity contribution in [1.82, 2.24) is 4.90 Å². The lowest BCUT2D eigenvalue weighted by Gasteiger charge is -2.29. The molecule has 0 amide bonds. The third-order valence-corrected chi connectivity index (χ3v) is 3.59.